The monoisotopic (exact) mass is 231 g/mol. The van der Waals surface area contributed by atoms with E-state index >= 15 is 0 Å². The third kappa shape index (κ3) is 3.35. The summed E-state index contributed by atoms with van der Waals surface area (Å²) in [6.07, 6.45) is 3.77. The quantitative estimate of drug-likeness (QED) is 0.750. The summed E-state index contributed by atoms with van der Waals surface area (Å²) in [6, 6.07) is 1.78. The summed E-state index contributed by atoms with van der Waals surface area (Å²) in [5.41, 5.74) is 0.886. The summed E-state index contributed by atoms with van der Waals surface area (Å²) in [6.45, 7) is 4.60. The summed E-state index contributed by atoms with van der Waals surface area (Å²) < 4.78 is 30.0. The molecule has 0 aliphatic heterocycles. The average Bonchev–Trinajstić information content (AvgIpc) is 2.66. The fourth-order valence-corrected chi connectivity index (χ4v) is 2.89. The van der Waals surface area contributed by atoms with Crippen LogP contribution >= 0.6 is 0 Å². The Hall–Kier alpha value is -0.810. The number of hydrogen-bond acceptors (Lipinski definition) is 3. The van der Waals surface area contributed by atoms with E-state index < -0.39 is 10.0 Å². The highest BCUT2D eigenvalue weighted by atomic mass is 32.2. The van der Waals surface area contributed by atoms with E-state index in [2.05, 4.69) is 0 Å². The van der Waals surface area contributed by atoms with Gasteiger partial charge in [-0.3, -0.25) is 0 Å². The highest BCUT2D eigenvalue weighted by Gasteiger charge is 2.19. The van der Waals surface area contributed by atoms with Gasteiger partial charge in [-0.2, -0.15) is 4.31 Å². The van der Waals surface area contributed by atoms with Crippen molar-refractivity contribution in [1.29, 1.82) is 0 Å². The van der Waals surface area contributed by atoms with Gasteiger partial charge in [-0.05, 0) is 12.5 Å². The van der Waals surface area contributed by atoms with Crippen LogP contribution in [0.15, 0.2) is 23.0 Å². The standard InChI is InChI=1S/C10H17NO3S/c1-3-7-15(12,13)11(4-2)8-10-5-6-14-9-10/h5-6,9H,3-4,7-8H2,1-2H3. The Labute approximate surface area is 90.9 Å². The third-order valence-electron chi connectivity index (χ3n) is 2.15. The molecular formula is C10H17NO3S. The summed E-state index contributed by atoms with van der Waals surface area (Å²) in [5, 5.41) is 0. The Bertz CT molecular complexity index is 369. The van der Waals surface area contributed by atoms with Crippen molar-refractivity contribution >= 4 is 10.0 Å². The molecule has 0 fully saturated rings. The van der Waals surface area contributed by atoms with Gasteiger partial charge in [0.25, 0.3) is 0 Å². The fourth-order valence-electron chi connectivity index (χ4n) is 1.38. The van der Waals surface area contributed by atoms with Gasteiger partial charge in [-0.15, -0.1) is 0 Å². The molecule has 1 aromatic rings. The van der Waals surface area contributed by atoms with E-state index in [1.54, 1.807) is 18.6 Å². The first-order valence-corrected chi connectivity index (χ1v) is 6.70. The number of furan rings is 1. The van der Waals surface area contributed by atoms with Gasteiger partial charge in [-0.25, -0.2) is 8.42 Å². The van der Waals surface area contributed by atoms with Crippen LogP contribution in [0.4, 0.5) is 0 Å². The van der Waals surface area contributed by atoms with Gasteiger partial charge >= 0.3 is 0 Å². The third-order valence-corrected chi connectivity index (χ3v) is 4.25. The molecule has 0 amide bonds. The molecule has 0 aliphatic carbocycles. The predicted octanol–water partition coefficient (Wildman–Crippen LogP) is 1.84. The van der Waals surface area contributed by atoms with Crippen LogP contribution in [0.2, 0.25) is 0 Å². The van der Waals surface area contributed by atoms with Crippen LogP contribution in [0.3, 0.4) is 0 Å². The van der Waals surface area contributed by atoms with Gasteiger partial charge in [0.15, 0.2) is 0 Å². The first-order chi connectivity index (χ1) is 7.10. The molecule has 0 N–H and O–H groups in total. The molecule has 0 saturated carbocycles. The maximum absolute atomic E-state index is 11.8. The Morgan fingerprint density at radius 3 is 2.60 bits per heavy atom. The Balaban J connectivity index is 2.72. The molecule has 86 valence electrons. The maximum Gasteiger partial charge on any atom is 0.214 e. The number of nitrogens with zero attached hydrogens (tertiary/aromatic N) is 1. The normalized spacial score (nSPS) is 12.2. The van der Waals surface area contributed by atoms with E-state index in [0.717, 1.165) is 5.56 Å². The van der Waals surface area contributed by atoms with Crippen LogP contribution in [-0.2, 0) is 16.6 Å². The van der Waals surface area contributed by atoms with E-state index in [4.69, 9.17) is 4.42 Å². The molecule has 0 bridgehead atoms. The zero-order valence-electron chi connectivity index (χ0n) is 9.14. The fraction of sp³-hybridized carbons (Fsp3) is 0.600. The summed E-state index contributed by atoms with van der Waals surface area (Å²) in [4.78, 5) is 0. The molecule has 1 heterocycles. The van der Waals surface area contributed by atoms with Crippen molar-refractivity contribution in [3.05, 3.63) is 24.2 Å². The molecule has 0 radical (unpaired) electrons. The molecule has 0 aliphatic rings. The highest BCUT2D eigenvalue weighted by molar-refractivity contribution is 7.89. The molecule has 0 spiro atoms. The average molecular weight is 231 g/mol. The molecule has 1 aromatic heterocycles. The molecule has 15 heavy (non-hydrogen) atoms. The highest BCUT2D eigenvalue weighted by Crippen LogP contribution is 2.10. The minimum Gasteiger partial charge on any atom is -0.472 e. The summed E-state index contributed by atoms with van der Waals surface area (Å²) >= 11 is 0. The second-order valence-corrected chi connectivity index (χ2v) is 5.46. The van der Waals surface area contributed by atoms with Crippen LogP contribution in [-0.4, -0.2) is 25.0 Å². The first kappa shape index (κ1) is 12.3. The topological polar surface area (TPSA) is 50.5 Å². The largest absolute Gasteiger partial charge is 0.472 e. The van der Waals surface area contributed by atoms with Crippen molar-refractivity contribution in [3.8, 4) is 0 Å². The zero-order chi connectivity index (χ0) is 11.3. The zero-order valence-corrected chi connectivity index (χ0v) is 9.96. The van der Waals surface area contributed by atoms with Gasteiger partial charge in [0.1, 0.15) is 0 Å². The SMILES string of the molecule is CCCS(=O)(=O)N(CC)Cc1ccoc1. The minimum absolute atomic E-state index is 0.207. The molecule has 0 saturated heterocycles. The van der Waals surface area contributed by atoms with Crippen molar-refractivity contribution < 1.29 is 12.8 Å². The van der Waals surface area contributed by atoms with Crippen LogP contribution in [0.5, 0.6) is 0 Å². The molecule has 1 rings (SSSR count). The van der Waals surface area contributed by atoms with Gasteiger partial charge in [0, 0.05) is 18.7 Å². The Morgan fingerprint density at radius 1 is 1.40 bits per heavy atom. The lowest BCUT2D eigenvalue weighted by atomic mass is 10.3. The number of sulfonamides is 1. The van der Waals surface area contributed by atoms with Crippen molar-refractivity contribution in [2.45, 2.75) is 26.8 Å². The van der Waals surface area contributed by atoms with Crippen molar-refractivity contribution in [2.75, 3.05) is 12.3 Å². The van der Waals surface area contributed by atoms with Crippen molar-refractivity contribution in [2.24, 2.45) is 0 Å². The van der Waals surface area contributed by atoms with Crippen LogP contribution in [0, 0.1) is 0 Å². The Kier molecular flexibility index (Phi) is 4.35. The number of hydrogen-bond donors (Lipinski definition) is 0. The molecule has 5 heteroatoms. The second kappa shape index (κ2) is 5.32. The lowest BCUT2D eigenvalue weighted by Gasteiger charge is -2.19. The first-order valence-electron chi connectivity index (χ1n) is 5.09. The van der Waals surface area contributed by atoms with Crippen LogP contribution < -0.4 is 0 Å². The summed E-state index contributed by atoms with van der Waals surface area (Å²) in [7, 11) is -3.11. The van der Waals surface area contributed by atoms with Gasteiger partial charge < -0.3 is 4.42 Å². The van der Waals surface area contributed by atoms with E-state index in [0.29, 0.717) is 19.5 Å². The van der Waals surface area contributed by atoms with Crippen molar-refractivity contribution in [3.63, 3.8) is 0 Å². The predicted molar refractivity (Wildman–Crippen MR) is 58.9 cm³/mol. The molecular weight excluding hydrogens is 214 g/mol. The smallest absolute Gasteiger partial charge is 0.214 e. The minimum atomic E-state index is -3.11. The van der Waals surface area contributed by atoms with Gasteiger partial charge in [-0.1, -0.05) is 13.8 Å². The molecule has 4 nitrogen and oxygen atoms in total. The van der Waals surface area contributed by atoms with E-state index in [9.17, 15) is 8.42 Å². The van der Waals surface area contributed by atoms with Crippen molar-refractivity contribution in [1.82, 2.24) is 4.31 Å². The summed E-state index contributed by atoms with van der Waals surface area (Å²) in [5.74, 6) is 0.207. The van der Waals surface area contributed by atoms with Gasteiger partial charge in [0.2, 0.25) is 10.0 Å². The lowest BCUT2D eigenvalue weighted by molar-refractivity contribution is 0.420. The van der Waals surface area contributed by atoms with Crippen LogP contribution in [0.25, 0.3) is 0 Å². The van der Waals surface area contributed by atoms with Gasteiger partial charge in [0.05, 0.1) is 18.3 Å². The Morgan fingerprint density at radius 2 is 2.13 bits per heavy atom. The number of rotatable bonds is 6. The van der Waals surface area contributed by atoms with E-state index in [-0.39, 0.29) is 5.75 Å². The molecule has 0 atom stereocenters. The second-order valence-electron chi connectivity index (χ2n) is 3.37. The maximum atomic E-state index is 11.8. The van der Waals surface area contributed by atoms with E-state index in [1.807, 2.05) is 13.8 Å². The lowest BCUT2D eigenvalue weighted by Crippen LogP contribution is -2.32. The molecule has 0 unspecified atom stereocenters. The van der Waals surface area contributed by atoms with Crippen LogP contribution in [0.1, 0.15) is 25.8 Å². The molecule has 0 aromatic carbocycles. The van der Waals surface area contributed by atoms with E-state index in [1.165, 1.54) is 4.31 Å².